The fourth-order valence-electron chi connectivity index (χ4n) is 3.83. The summed E-state index contributed by atoms with van der Waals surface area (Å²) in [6.45, 7) is 15.1. The molecule has 0 amide bonds. The second kappa shape index (κ2) is 14.1. The van der Waals surface area contributed by atoms with E-state index in [2.05, 4.69) is 39.0 Å². The van der Waals surface area contributed by atoms with Crippen LogP contribution in [-0.4, -0.2) is 131 Å². The second-order valence-corrected chi connectivity index (χ2v) is 10.8. The average Bonchev–Trinajstić information content (AvgIpc) is 2.70. The number of hydrogen-bond acceptors (Lipinski definition) is 6. The van der Waals surface area contributed by atoms with Crippen LogP contribution in [0.25, 0.3) is 0 Å². The zero-order valence-corrected chi connectivity index (χ0v) is 23.1. The van der Waals surface area contributed by atoms with Crippen LogP contribution in [0.3, 0.4) is 0 Å². The molecule has 1 N–H and O–H groups in total. The van der Waals surface area contributed by atoms with Crippen molar-refractivity contribution in [1.29, 1.82) is 0 Å². The number of piperazine rings is 2. The molecule has 2 rings (SSSR count). The normalized spacial score (nSPS) is 21.2. The number of guanidine groups is 1. The molecule has 1 unspecified atom stereocenters. The van der Waals surface area contributed by atoms with Crippen molar-refractivity contribution in [1.82, 2.24) is 24.3 Å². The van der Waals surface area contributed by atoms with E-state index < -0.39 is 10.0 Å². The quantitative estimate of drug-likeness (QED) is 0.243. The van der Waals surface area contributed by atoms with Gasteiger partial charge in [0.15, 0.2) is 5.96 Å². The number of hydrogen-bond donors (Lipinski definition) is 1. The number of nitrogens with one attached hydrogen (secondary N) is 1. The first-order chi connectivity index (χ1) is 14.2. The number of nitrogens with zero attached hydrogens (tertiary/aromatic N) is 5. The largest absolute Gasteiger partial charge is 0.378 e. The van der Waals surface area contributed by atoms with E-state index in [4.69, 9.17) is 4.74 Å². The third-order valence-corrected chi connectivity index (χ3v) is 7.54. The maximum absolute atomic E-state index is 12.5. The number of aliphatic imine (C=N–C) groups is 1. The van der Waals surface area contributed by atoms with Crippen LogP contribution < -0.4 is 5.32 Å². The summed E-state index contributed by atoms with van der Waals surface area (Å²) in [6, 6.07) is 0. The van der Waals surface area contributed by atoms with Gasteiger partial charge in [-0.05, 0) is 26.8 Å². The number of ether oxygens (including phenoxy) is 1. The minimum Gasteiger partial charge on any atom is -0.378 e. The molecule has 0 bridgehead atoms. The van der Waals surface area contributed by atoms with Crippen molar-refractivity contribution in [2.45, 2.75) is 26.9 Å². The Hall–Kier alpha value is -0.210. The molecule has 2 heterocycles. The van der Waals surface area contributed by atoms with Gasteiger partial charge < -0.3 is 24.8 Å². The van der Waals surface area contributed by atoms with Gasteiger partial charge in [0.05, 0.1) is 18.5 Å². The molecule has 2 fully saturated rings. The van der Waals surface area contributed by atoms with Crippen LogP contribution in [0.15, 0.2) is 4.99 Å². The van der Waals surface area contributed by atoms with Crippen molar-refractivity contribution in [2.24, 2.45) is 10.9 Å². The summed E-state index contributed by atoms with van der Waals surface area (Å²) >= 11 is 0. The zero-order valence-electron chi connectivity index (χ0n) is 19.9. The maximum atomic E-state index is 12.5. The van der Waals surface area contributed by atoms with Gasteiger partial charge in [-0.25, -0.2) is 8.42 Å². The molecule has 1 atom stereocenters. The first kappa shape index (κ1) is 28.8. The van der Waals surface area contributed by atoms with Crippen LogP contribution in [-0.2, 0) is 14.8 Å². The molecule has 0 aromatic rings. The molecule has 2 aliphatic rings. The third-order valence-electron chi connectivity index (χ3n) is 5.71. The number of likely N-dealkylation sites (N-methyl/N-ethyl adjacent to an activating group) is 1. The average molecular weight is 575 g/mol. The molecule has 0 aromatic carbocycles. The standard InChI is InChI=1S/C20H42N6O3S.HI/c1-18(2)29-14-15-30(27,28)26-12-10-25(11-13-26)20(21-4)22-16-19(3)17-24-8-6-23(5)7-9-24;/h18-19H,6-17H2,1-5H3,(H,21,22);1H. The van der Waals surface area contributed by atoms with Gasteiger partial charge in [-0.3, -0.25) is 4.99 Å². The van der Waals surface area contributed by atoms with Crippen molar-refractivity contribution in [3.05, 3.63) is 0 Å². The van der Waals surface area contributed by atoms with E-state index in [1.807, 2.05) is 13.8 Å². The smallest absolute Gasteiger partial charge is 0.216 e. The summed E-state index contributed by atoms with van der Waals surface area (Å²) < 4.78 is 32.0. The Morgan fingerprint density at radius 3 is 2.19 bits per heavy atom. The van der Waals surface area contributed by atoms with E-state index in [9.17, 15) is 8.42 Å². The highest BCUT2D eigenvalue weighted by Gasteiger charge is 2.28. The van der Waals surface area contributed by atoms with Gasteiger partial charge in [0, 0.05) is 72.5 Å². The lowest BCUT2D eigenvalue weighted by molar-refractivity contribution is 0.0904. The first-order valence-corrected chi connectivity index (χ1v) is 12.8. The van der Waals surface area contributed by atoms with E-state index in [0.29, 0.717) is 32.1 Å². The van der Waals surface area contributed by atoms with Crippen molar-refractivity contribution < 1.29 is 13.2 Å². The predicted octanol–water partition coefficient (Wildman–Crippen LogP) is 0.436. The van der Waals surface area contributed by atoms with Crippen LogP contribution >= 0.6 is 24.0 Å². The van der Waals surface area contributed by atoms with Gasteiger partial charge in [0.2, 0.25) is 10.0 Å². The molecule has 9 nitrogen and oxygen atoms in total. The molecule has 11 heteroatoms. The van der Waals surface area contributed by atoms with Crippen LogP contribution in [0.2, 0.25) is 0 Å². The molecular formula is C20H43IN6O3S. The Morgan fingerprint density at radius 2 is 1.65 bits per heavy atom. The van der Waals surface area contributed by atoms with Gasteiger partial charge in [-0.15, -0.1) is 24.0 Å². The Morgan fingerprint density at radius 1 is 1.03 bits per heavy atom. The van der Waals surface area contributed by atoms with Gasteiger partial charge in [-0.2, -0.15) is 4.31 Å². The predicted molar refractivity (Wildman–Crippen MR) is 138 cm³/mol. The highest BCUT2D eigenvalue weighted by molar-refractivity contribution is 14.0. The molecule has 184 valence electrons. The summed E-state index contributed by atoms with van der Waals surface area (Å²) in [5, 5.41) is 3.49. The lowest BCUT2D eigenvalue weighted by Gasteiger charge is -2.36. The fourth-order valence-corrected chi connectivity index (χ4v) is 5.11. The molecule has 2 saturated heterocycles. The molecule has 2 aliphatic heterocycles. The third kappa shape index (κ3) is 10.1. The van der Waals surface area contributed by atoms with Crippen molar-refractivity contribution >= 4 is 40.0 Å². The Labute approximate surface area is 206 Å². The van der Waals surface area contributed by atoms with Crippen molar-refractivity contribution in [3.8, 4) is 0 Å². The fraction of sp³-hybridized carbons (Fsp3) is 0.950. The maximum Gasteiger partial charge on any atom is 0.216 e. The van der Waals surface area contributed by atoms with E-state index in [1.54, 1.807) is 11.4 Å². The molecule has 0 radical (unpaired) electrons. The summed E-state index contributed by atoms with van der Waals surface area (Å²) in [4.78, 5) is 11.5. The zero-order chi connectivity index (χ0) is 22.1. The SMILES string of the molecule is CN=C(NCC(C)CN1CCN(C)CC1)N1CCN(S(=O)(=O)CCOC(C)C)CC1.I. The van der Waals surface area contributed by atoms with Crippen LogP contribution in [0.1, 0.15) is 20.8 Å². The van der Waals surface area contributed by atoms with Crippen molar-refractivity contribution in [2.75, 3.05) is 91.9 Å². The van der Waals surface area contributed by atoms with E-state index >= 15 is 0 Å². The van der Waals surface area contributed by atoms with Crippen molar-refractivity contribution in [3.63, 3.8) is 0 Å². The molecule has 0 saturated carbocycles. The van der Waals surface area contributed by atoms with Gasteiger partial charge in [-0.1, -0.05) is 6.92 Å². The van der Waals surface area contributed by atoms with E-state index in [-0.39, 0.29) is 42.4 Å². The summed E-state index contributed by atoms with van der Waals surface area (Å²) in [5.41, 5.74) is 0. The highest BCUT2D eigenvalue weighted by atomic mass is 127. The Kier molecular flexibility index (Phi) is 13.1. The molecule has 0 aromatic heterocycles. The lowest BCUT2D eigenvalue weighted by Crippen LogP contribution is -2.55. The summed E-state index contributed by atoms with van der Waals surface area (Å²) in [6.07, 6.45) is 0.0464. The van der Waals surface area contributed by atoms with Gasteiger partial charge >= 0.3 is 0 Å². The number of halogens is 1. The minimum atomic E-state index is -3.27. The topological polar surface area (TPSA) is 80.7 Å². The van der Waals surface area contributed by atoms with E-state index in [0.717, 1.165) is 45.2 Å². The summed E-state index contributed by atoms with van der Waals surface area (Å²) in [5.74, 6) is 1.43. The van der Waals surface area contributed by atoms with Crippen LogP contribution in [0.4, 0.5) is 0 Å². The van der Waals surface area contributed by atoms with Crippen LogP contribution in [0.5, 0.6) is 0 Å². The summed E-state index contributed by atoms with van der Waals surface area (Å²) in [7, 11) is 0.700. The van der Waals surface area contributed by atoms with Gasteiger partial charge in [0.1, 0.15) is 0 Å². The van der Waals surface area contributed by atoms with E-state index in [1.165, 1.54) is 0 Å². The molecular weight excluding hydrogens is 531 g/mol. The highest BCUT2D eigenvalue weighted by Crippen LogP contribution is 2.10. The number of rotatable bonds is 9. The molecule has 0 spiro atoms. The minimum absolute atomic E-state index is 0. The second-order valence-electron chi connectivity index (χ2n) is 8.76. The Bertz CT molecular complexity index is 633. The Balaban J connectivity index is 0.00000480. The molecule has 0 aliphatic carbocycles. The lowest BCUT2D eigenvalue weighted by atomic mass is 10.1. The van der Waals surface area contributed by atoms with Crippen LogP contribution in [0, 0.1) is 5.92 Å². The monoisotopic (exact) mass is 574 g/mol. The first-order valence-electron chi connectivity index (χ1n) is 11.2. The van der Waals surface area contributed by atoms with Gasteiger partial charge in [0.25, 0.3) is 0 Å². The number of sulfonamides is 1. The molecule has 31 heavy (non-hydrogen) atoms.